The van der Waals surface area contributed by atoms with Crippen molar-refractivity contribution < 1.29 is 24.5 Å². The minimum Gasteiger partial charge on any atom is -0.461 e. The van der Waals surface area contributed by atoms with E-state index in [0.717, 1.165) is 0 Å². The molecule has 1 aliphatic heterocycles. The van der Waals surface area contributed by atoms with E-state index in [-0.39, 0.29) is 12.5 Å². The third-order valence-corrected chi connectivity index (χ3v) is 1.91. The van der Waals surface area contributed by atoms with E-state index >= 15 is 0 Å². The maximum absolute atomic E-state index is 11.2. The molecule has 0 aromatic rings. The fraction of sp³-hybridized carbons (Fsp3) is 0.750. The molecule has 1 saturated heterocycles. The number of aliphatic hydroxyl groups is 2. The first-order chi connectivity index (χ1) is 6.63. The van der Waals surface area contributed by atoms with Crippen molar-refractivity contribution in [2.75, 3.05) is 13.2 Å². The lowest BCUT2D eigenvalue weighted by Crippen LogP contribution is -2.36. The monoisotopic (exact) mass is 203 g/mol. The summed E-state index contributed by atoms with van der Waals surface area (Å²) in [5.74, 6) is -0.738. The van der Waals surface area contributed by atoms with Gasteiger partial charge in [-0.1, -0.05) is 0 Å². The zero-order valence-corrected chi connectivity index (χ0v) is 7.60. The van der Waals surface area contributed by atoms with Crippen LogP contribution in [0.2, 0.25) is 0 Å². The number of nitrogens with one attached hydrogen (secondary N) is 1. The van der Waals surface area contributed by atoms with Gasteiger partial charge in [-0.15, -0.1) is 0 Å². The third-order valence-electron chi connectivity index (χ3n) is 1.91. The van der Waals surface area contributed by atoms with Gasteiger partial charge in [0.05, 0.1) is 6.61 Å². The normalized spacial score (nSPS) is 23.0. The Balaban J connectivity index is 2.25. The minimum atomic E-state index is -1.06. The number of esters is 1. The van der Waals surface area contributed by atoms with Crippen molar-refractivity contribution in [1.29, 1.82) is 0 Å². The Bertz CT molecular complexity index is 230. The van der Waals surface area contributed by atoms with E-state index in [1.165, 1.54) is 0 Å². The molecule has 0 saturated carbocycles. The van der Waals surface area contributed by atoms with Gasteiger partial charge in [0.2, 0.25) is 5.91 Å². The summed E-state index contributed by atoms with van der Waals surface area (Å²) >= 11 is 0. The van der Waals surface area contributed by atoms with Crippen molar-refractivity contribution in [3.8, 4) is 0 Å². The van der Waals surface area contributed by atoms with Crippen LogP contribution in [0, 0.1) is 0 Å². The molecule has 0 bridgehead atoms. The third kappa shape index (κ3) is 2.97. The van der Waals surface area contributed by atoms with E-state index in [9.17, 15) is 9.59 Å². The molecular weight excluding hydrogens is 190 g/mol. The van der Waals surface area contributed by atoms with Gasteiger partial charge in [0, 0.05) is 6.42 Å². The molecule has 6 heteroatoms. The number of ether oxygens (including phenoxy) is 1. The van der Waals surface area contributed by atoms with Crippen LogP contribution in [0.15, 0.2) is 0 Å². The summed E-state index contributed by atoms with van der Waals surface area (Å²) < 4.78 is 4.66. The highest BCUT2D eigenvalue weighted by molar-refractivity contribution is 5.88. The molecule has 0 radical (unpaired) electrons. The van der Waals surface area contributed by atoms with E-state index in [0.29, 0.717) is 12.8 Å². The lowest BCUT2D eigenvalue weighted by molar-refractivity contribution is -0.150. The van der Waals surface area contributed by atoms with Crippen molar-refractivity contribution in [3.05, 3.63) is 0 Å². The van der Waals surface area contributed by atoms with Gasteiger partial charge < -0.3 is 20.3 Å². The number of carbonyl (C=O) groups is 2. The summed E-state index contributed by atoms with van der Waals surface area (Å²) in [4.78, 5) is 21.9. The molecular formula is C8H13NO5. The van der Waals surface area contributed by atoms with E-state index in [1.807, 2.05) is 0 Å². The van der Waals surface area contributed by atoms with Gasteiger partial charge in [-0.05, 0) is 6.42 Å². The Morgan fingerprint density at radius 1 is 1.71 bits per heavy atom. The zero-order chi connectivity index (χ0) is 10.6. The van der Waals surface area contributed by atoms with Crippen LogP contribution in [-0.4, -0.2) is 47.4 Å². The fourth-order valence-electron chi connectivity index (χ4n) is 1.12. The van der Waals surface area contributed by atoms with Crippen molar-refractivity contribution in [2.45, 2.75) is 25.0 Å². The lowest BCUT2D eigenvalue weighted by Gasteiger charge is -2.12. The van der Waals surface area contributed by atoms with Crippen LogP contribution in [0.5, 0.6) is 0 Å². The number of carbonyl (C=O) groups excluding carboxylic acids is 2. The van der Waals surface area contributed by atoms with Gasteiger partial charge in [-0.3, -0.25) is 4.79 Å². The Morgan fingerprint density at radius 2 is 2.43 bits per heavy atom. The molecule has 0 spiro atoms. The number of rotatable bonds is 4. The second kappa shape index (κ2) is 4.92. The molecule has 1 rings (SSSR count). The van der Waals surface area contributed by atoms with Crippen LogP contribution in [0.4, 0.5) is 0 Å². The van der Waals surface area contributed by atoms with E-state index in [1.54, 1.807) is 0 Å². The summed E-state index contributed by atoms with van der Waals surface area (Å²) in [6, 6.07) is -0.603. The SMILES string of the molecule is O=C1CCC(C(=O)OCC(O)CO)N1. The average Bonchev–Trinajstić information content (AvgIpc) is 2.60. The van der Waals surface area contributed by atoms with E-state index in [4.69, 9.17) is 10.2 Å². The summed E-state index contributed by atoms with van der Waals surface area (Å²) in [7, 11) is 0. The molecule has 1 heterocycles. The number of amides is 1. The van der Waals surface area contributed by atoms with Crippen molar-refractivity contribution >= 4 is 11.9 Å². The van der Waals surface area contributed by atoms with E-state index < -0.39 is 24.7 Å². The molecule has 14 heavy (non-hydrogen) atoms. The predicted molar refractivity (Wildman–Crippen MR) is 45.2 cm³/mol. The van der Waals surface area contributed by atoms with Crippen LogP contribution in [-0.2, 0) is 14.3 Å². The highest BCUT2D eigenvalue weighted by atomic mass is 16.5. The molecule has 0 aromatic heterocycles. The van der Waals surface area contributed by atoms with Gasteiger partial charge >= 0.3 is 5.97 Å². The van der Waals surface area contributed by atoms with Crippen molar-refractivity contribution in [3.63, 3.8) is 0 Å². The quantitative estimate of drug-likeness (QED) is 0.467. The Morgan fingerprint density at radius 3 is 2.93 bits per heavy atom. The molecule has 0 aliphatic carbocycles. The van der Waals surface area contributed by atoms with Crippen molar-refractivity contribution in [1.82, 2.24) is 5.32 Å². The second-order valence-electron chi connectivity index (χ2n) is 3.13. The molecule has 1 fully saturated rings. The van der Waals surface area contributed by atoms with Gasteiger partial charge in [0.1, 0.15) is 18.8 Å². The number of aliphatic hydroxyl groups excluding tert-OH is 2. The summed E-state index contributed by atoms with van der Waals surface area (Å²) in [5.41, 5.74) is 0. The second-order valence-corrected chi connectivity index (χ2v) is 3.13. The maximum Gasteiger partial charge on any atom is 0.328 e. The summed E-state index contributed by atoms with van der Waals surface area (Å²) in [5, 5.41) is 19.8. The minimum absolute atomic E-state index is 0.172. The predicted octanol–water partition coefficient (Wildman–Crippen LogP) is -1.84. The molecule has 1 amide bonds. The van der Waals surface area contributed by atoms with Gasteiger partial charge in [-0.2, -0.15) is 0 Å². The Hall–Kier alpha value is -1.14. The molecule has 1 aliphatic rings. The van der Waals surface area contributed by atoms with Crippen LogP contribution in [0.1, 0.15) is 12.8 Å². The molecule has 0 aromatic carbocycles. The van der Waals surface area contributed by atoms with Gasteiger partial charge in [0.25, 0.3) is 0 Å². The molecule has 2 atom stereocenters. The summed E-state index contributed by atoms with van der Waals surface area (Å²) in [6.07, 6.45) is -0.314. The van der Waals surface area contributed by atoms with Gasteiger partial charge in [0.15, 0.2) is 0 Å². The zero-order valence-electron chi connectivity index (χ0n) is 7.60. The smallest absolute Gasteiger partial charge is 0.328 e. The first-order valence-electron chi connectivity index (χ1n) is 4.38. The summed E-state index contributed by atoms with van der Waals surface area (Å²) in [6.45, 7) is -0.702. The average molecular weight is 203 g/mol. The maximum atomic E-state index is 11.2. The number of hydrogen-bond donors (Lipinski definition) is 3. The van der Waals surface area contributed by atoms with Crippen LogP contribution < -0.4 is 5.32 Å². The topological polar surface area (TPSA) is 95.9 Å². The van der Waals surface area contributed by atoms with Crippen LogP contribution >= 0.6 is 0 Å². The highest BCUT2D eigenvalue weighted by Gasteiger charge is 2.28. The number of hydrogen-bond acceptors (Lipinski definition) is 5. The lowest BCUT2D eigenvalue weighted by atomic mass is 10.2. The van der Waals surface area contributed by atoms with E-state index in [2.05, 4.69) is 10.1 Å². The Kier molecular flexibility index (Phi) is 3.84. The van der Waals surface area contributed by atoms with Crippen LogP contribution in [0.25, 0.3) is 0 Å². The largest absolute Gasteiger partial charge is 0.461 e. The molecule has 2 unspecified atom stereocenters. The molecule has 3 N–H and O–H groups in total. The van der Waals surface area contributed by atoms with Crippen molar-refractivity contribution in [2.24, 2.45) is 0 Å². The highest BCUT2D eigenvalue weighted by Crippen LogP contribution is 2.07. The first-order valence-corrected chi connectivity index (χ1v) is 4.38. The van der Waals surface area contributed by atoms with Gasteiger partial charge in [-0.25, -0.2) is 4.79 Å². The van der Waals surface area contributed by atoms with Crippen LogP contribution in [0.3, 0.4) is 0 Å². The first kappa shape index (κ1) is 10.9. The Labute approximate surface area is 80.9 Å². The fourth-order valence-corrected chi connectivity index (χ4v) is 1.12. The molecule has 80 valence electrons. The standard InChI is InChI=1S/C8H13NO5/c10-3-5(11)4-14-8(13)6-1-2-7(12)9-6/h5-6,10-11H,1-4H2,(H,9,12). The molecule has 6 nitrogen and oxygen atoms in total.